The number of aromatic nitrogens is 3. The van der Waals surface area contributed by atoms with Crippen molar-refractivity contribution in [3.05, 3.63) is 48.1 Å². The van der Waals surface area contributed by atoms with Crippen LogP contribution >= 0.6 is 0 Å². The molecule has 1 atom stereocenters. The van der Waals surface area contributed by atoms with Gasteiger partial charge < -0.3 is 9.67 Å². The second-order valence-corrected chi connectivity index (χ2v) is 3.78. The summed E-state index contributed by atoms with van der Waals surface area (Å²) in [7, 11) is 0. The summed E-state index contributed by atoms with van der Waals surface area (Å²) in [4.78, 5) is 7.73. The van der Waals surface area contributed by atoms with Gasteiger partial charge >= 0.3 is 0 Å². The molecule has 0 aliphatic heterocycles. The second kappa shape index (κ2) is 5.05. The van der Waals surface area contributed by atoms with Crippen molar-refractivity contribution in [2.24, 2.45) is 0 Å². The van der Waals surface area contributed by atoms with Gasteiger partial charge in [0.25, 0.3) is 0 Å². The molecule has 0 amide bonds. The Balaban J connectivity index is 2.34. The highest BCUT2D eigenvalue weighted by molar-refractivity contribution is 5.22. The lowest BCUT2D eigenvalue weighted by Gasteiger charge is -2.13. The van der Waals surface area contributed by atoms with Gasteiger partial charge in [-0.25, -0.2) is 9.37 Å². The Bertz CT molecular complexity index is 498. The van der Waals surface area contributed by atoms with Gasteiger partial charge in [-0.05, 0) is 12.5 Å². The third kappa shape index (κ3) is 2.34. The van der Waals surface area contributed by atoms with Crippen LogP contribution in [0.1, 0.15) is 30.8 Å². The number of aryl methyl sites for hydroxylation is 1. The Hall–Kier alpha value is -1.75. The summed E-state index contributed by atoms with van der Waals surface area (Å²) in [5.74, 6) is -0.0667. The summed E-state index contributed by atoms with van der Waals surface area (Å²) in [6, 6.07) is 1.46. The van der Waals surface area contributed by atoms with Crippen LogP contribution < -0.4 is 0 Å². The summed E-state index contributed by atoms with van der Waals surface area (Å²) < 4.78 is 15.3. The van der Waals surface area contributed by atoms with Gasteiger partial charge in [0, 0.05) is 30.7 Å². The minimum atomic E-state index is -1.06. The Morgan fingerprint density at radius 3 is 3.00 bits per heavy atom. The van der Waals surface area contributed by atoms with Crippen LogP contribution in [0.4, 0.5) is 4.39 Å². The number of halogens is 1. The van der Waals surface area contributed by atoms with Gasteiger partial charge in [-0.1, -0.05) is 6.92 Å². The van der Waals surface area contributed by atoms with E-state index in [2.05, 4.69) is 9.97 Å². The van der Waals surface area contributed by atoms with Crippen molar-refractivity contribution in [3.8, 4) is 0 Å². The molecule has 0 aliphatic carbocycles. The Morgan fingerprint density at radius 1 is 1.47 bits per heavy atom. The molecular formula is C12H14FN3O. The summed E-state index contributed by atoms with van der Waals surface area (Å²) in [5.41, 5.74) is 0.198. The predicted octanol–water partition coefficient (Wildman–Crippen LogP) is 1.91. The topological polar surface area (TPSA) is 50.9 Å². The highest BCUT2D eigenvalue weighted by Gasteiger charge is 2.19. The maximum absolute atomic E-state index is 13.5. The third-order valence-corrected chi connectivity index (χ3v) is 2.56. The molecule has 0 radical (unpaired) electrons. The Kier molecular flexibility index (Phi) is 3.49. The van der Waals surface area contributed by atoms with Gasteiger partial charge in [0.05, 0.1) is 6.20 Å². The highest BCUT2D eigenvalue weighted by Crippen LogP contribution is 2.22. The number of hydrogen-bond donors (Lipinski definition) is 1. The monoisotopic (exact) mass is 235 g/mol. The lowest BCUT2D eigenvalue weighted by atomic mass is 10.1. The molecule has 1 N–H and O–H groups in total. The van der Waals surface area contributed by atoms with Crippen LogP contribution in [-0.4, -0.2) is 19.6 Å². The molecule has 0 bridgehead atoms. The predicted molar refractivity (Wildman–Crippen MR) is 60.8 cm³/mol. The number of aliphatic hydroxyl groups excluding tert-OH is 1. The van der Waals surface area contributed by atoms with Crippen molar-refractivity contribution in [2.75, 3.05) is 0 Å². The highest BCUT2D eigenvalue weighted by atomic mass is 19.1. The molecule has 0 spiro atoms. The zero-order valence-corrected chi connectivity index (χ0v) is 9.55. The zero-order chi connectivity index (χ0) is 12.3. The number of hydrogen-bond acceptors (Lipinski definition) is 3. The molecule has 2 heterocycles. The second-order valence-electron chi connectivity index (χ2n) is 3.78. The molecule has 2 aromatic rings. The summed E-state index contributed by atoms with van der Waals surface area (Å²) in [6.45, 7) is 2.78. The van der Waals surface area contributed by atoms with Crippen molar-refractivity contribution in [1.82, 2.24) is 14.5 Å². The maximum Gasteiger partial charge on any atom is 0.147 e. The molecule has 90 valence electrons. The van der Waals surface area contributed by atoms with Crippen molar-refractivity contribution >= 4 is 0 Å². The van der Waals surface area contributed by atoms with E-state index < -0.39 is 11.9 Å². The lowest BCUT2D eigenvalue weighted by molar-refractivity contribution is 0.199. The van der Waals surface area contributed by atoms with E-state index in [0.29, 0.717) is 5.82 Å². The molecule has 2 aromatic heterocycles. The summed E-state index contributed by atoms with van der Waals surface area (Å²) in [6.07, 6.45) is 5.79. The van der Waals surface area contributed by atoms with Crippen LogP contribution in [0, 0.1) is 5.82 Å². The van der Waals surface area contributed by atoms with Gasteiger partial charge in [-0.15, -0.1) is 0 Å². The molecule has 0 saturated heterocycles. The van der Waals surface area contributed by atoms with Crippen LogP contribution in [0.15, 0.2) is 30.9 Å². The molecule has 0 aromatic carbocycles. The van der Waals surface area contributed by atoms with Crippen molar-refractivity contribution in [3.63, 3.8) is 0 Å². The number of pyridine rings is 1. The first kappa shape index (κ1) is 11.7. The van der Waals surface area contributed by atoms with Crippen molar-refractivity contribution in [2.45, 2.75) is 26.0 Å². The summed E-state index contributed by atoms with van der Waals surface area (Å²) >= 11 is 0. The third-order valence-electron chi connectivity index (χ3n) is 2.56. The largest absolute Gasteiger partial charge is 0.380 e. The first-order chi connectivity index (χ1) is 8.24. The van der Waals surface area contributed by atoms with E-state index in [1.54, 1.807) is 12.4 Å². The van der Waals surface area contributed by atoms with Crippen LogP contribution in [0.25, 0.3) is 0 Å². The quantitative estimate of drug-likeness (QED) is 0.880. The average molecular weight is 235 g/mol. The van der Waals surface area contributed by atoms with Gasteiger partial charge in [0.15, 0.2) is 0 Å². The van der Waals surface area contributed by atoms with Gasteiger partial charge in [-0.2, -0.15) is 0 Å². The normalized spacial score (nSPS) is 12.6. The molecule has 17 heavy (non-hydrogen) atoms. The van der Waals surface area contributed by atoms with Crippen LogP contribution in [0.3, 0.4) is 0 Å². The molecule has 0 fully saturated rings. The first-order valence-corrected chi connectivity index (χ1v) is 5.52. The fourth-order valence-corrected chi connectivity index (χ4v) is 1.75. The fourth-order valence-electron chi connectivity index (χ4n) is 1.75. The van der Waals surface area contributed by atoms with E-state index in [1.807, 2.05) is 11.5 Å². The minimum Gasteiger partial charge on any atom is -0.380 e. The molecule has 4 nitrogen and oxygen atoms in total. The first-order valence-electron chi connectivity index (χ1n) is 5.52. The molecular weight excluding hydrogens is 221 g/mol. The Morgan fingerprint density at radius 2 is 2.29 bits per heavy atom. The molecule has 0 aliphatic rings. The van der Waals surface area contributed by atoms with Crippen LogP contribution in [0.5, 0.6) is 0 Å². The molecule has 2 rings (SSSR count). The average Bonchev–Trinajstić information content (AvgIpc) is 2.78. The molecule has 0 saturated carbocycles. The van der Waals surface area contributed by atoms with E-state index in [-0.39, 0.29) is 5.56 Å². The summed E-state index contributed by atoms with van der Waals surface area (Å²) in [5, 5.41) is 10.1. The van der Waals surface area contributed by atoms with Crippen molar-refractivity contribution < 1.29 is 9.50 Å². The number of aliphatic hydroxyl groups is 1. The van der Waals surface area contributed by atoms with E-state index >= 15 is 0 Å². The zero-order valence-electron chi connectivity index (χ0n) is 9.55. The van der Waals surface area contributed by atoms with Gasteiger partial charge in [0.1, 0.15) is 17.7 Å². The molecule has 5 heteroatoms. The minimum absolute atomic E-state index is 0.198. The van der Waals surface area contributed by atoms with Crippen LogP contribution in [-0.2, 0) is 6.54 Å². The SMILES string of the molecule is CCCn1ccnc1C(O)c1ccncc1F. The van der Waals surface area contributed by atoms with Crippen LogP contribution in [0.2, 0.25) is 0 Å². The lowest BCUT2D eigenvalue weighted by Crippen LogP contribution is -2.11. The van der Waals surface area contributed by atoms with Gasteiger partial charge in [0.2, 0.25) is 0 Å². The van der Waals surface area contributed by atoms with Crippen molar-refractivity contribution in [1.29, 1.82) is 0 Å². The van der Waals surface area contributed by atoms with Gasteiger partial charge in [-0.3, -0.25) is 4.98 Å². The maximum atomic E-state index is 13.5. The number of rotatable bonds is 4. The van der Waals surface area contributed by atoms with E-state index in [0.717, 1.165) is 19.2 Å². The molecule has 1 unspecified atom stereocenters. The fraction of sp³-hybridized carbons (Fsp3) is 0.333. The smallest absolute Gasteiger partial charge is 0.147 e. The number of imidazole rings is 1. The Labute approximate surface area is 98.8 Å². The van der Waals surface area contributed by atoms with E-state index in [1.165, 1.54) is 12.3 Å². The standard InChI is InChI=1S/C12H14FN3O/c1-2-6-16-7-5-15-12(16)11(17)9-3-4-14-8-10(9)13/h3-5,7-8,11,17H,2,6H2,1H3. The van der Waals surface area contributed by atoms with E-state index in [9.17, 15) is 9.50 Å². The number of nitrogens with zero attached hydrogens (tertiary/aromatic N) is 3. The van der Waals surface area contributed by atoms with E-state index in [4.69, 9.17) is 0 Å².